The number of likely N-dealkylation sites (N-methyl/N-ethyl adjacent to an activating group) is 1. The molecule has 0 unspecified atom stereocenters. The smallest absolute Gasteiger partial charge is 0.0916 e. The van der Waals surface area contributed by atoms with Gasteiger partial charge in [0.1, 0.15) is 0 Å². The first-order valence-corrected chi connectivity index (χ1v) is 7.86. The first kappa shape index (κ1) is 15.5. The average Bonchev–Trinajstić information content (AvgIpc) is 2.49. The van der Waals surface area contributed by atoms with Crippen LogP contribution < -0.4 is 0 Å². The van der Waals surface area contributed by atoms with Crippen LogP contribution in [-0.4, -0.2) is 54.2 Å². The number of aliphatic hydroxyl groups is 1. The predicted octanol–water partition coefficient (Wildman–Crippen LogP) is 2.53. The van der Waals surface area contributed by atoms with Crippen LogP contribution >= 0.6 is 0 Å². The van der Waals surface area contributed by atoms with Crippen molar-refractivity contribution in [3.63, 3.8) is 0 Å². The van der Waals surface area contributed by atoms with E-state index in [4.69, 9.17) is 0 Å². The second-order valence-corrected chi connectivity index (χ2v) is 5.94. The van der Waals surface area contributed by atoms with Gasteiger partial charge in [-0.1, -0.05) is 37.3 Å². The molecule has 20 heavy (non-hydrogen) atoms. The molecule has 0 saturated carbocycles. The fraction of sp³-hybridized carbons (Fsp3) is 0.647. The van der Waals surface area contributed by atoms with Gasteiger partial charge in [-0.25, -0.2) is 0 Å². The third-order valence-electron chi connectivity index (χ3n) is 4.37. The number of piperidine rings is 1. The zero-order chi connectivity index (χ0) is 14.4. The summed E-state index contributed by atoms with van der Waals surface area (Å²) in [4.78, 5) is 4.89. The van der Waals surface area contributed by atoms with Gasteiger partial charge in [0.2, 0.25) is 0 Å². The molecule has 1 aliphatic rings. The summed E-state index contributed by atoms with van der Waals surface area (Å²) in [5.74, 6) is 0. The van der Waals surface area contributed by atoms with E-state index >= 15 is 0 Å². The summed E-state index contributed by atoms with van der Waals surface area (Å²) < 4.78 is 0. The van der Waals surface area contributed by atoms with Crippen LogP contribution in [0.15, 0.2) is 30.3 Å². The Morgan fingerprint density at radius 3 is 2.50 bits per heavy atom. The monoisotopic (exact) mass is 276 g/mol. The molecule has 1 aromatic rings. The van der Waals surface area contributed by atoms with Gasteiger partial charge in [0.25, 0.3) is 0 Å². The molecule has 1 fully saturated rings. The number of benzene rings is 1. The van der Waals surface area contributed by atoms with Gasteiger partial charge >= 0.3 is 0 Å². The van der Waals surface area contributed by atoms with E-state index < -0.39 is 0 Å². The molecule has 0 amide bonds. The Morgan fingerprint density at radius 2 is 1.90 bits per heavy atom. The van der Waals surface area contributed by atoms with Gasteiger partial charge in [-0.05, 0) is 51.5 Å². The molecule has 0 aromatic heterocycles. The molecule has 0 aliphatic carbocycles. The lowest BCUT2D eigenvalue weighted by Crippen LogP contribution is -2.44. The van der Waals surface area contributed by atoms with Crippen LogP contribution in [0.25, 0.3) is 0 Å². The van der Waals surface area contributed by atoms with Crippen LogP contribution in [0.3, 0.4) is 0 Å². The summed E-state index contributed by atoms with van der Waals surface area (Å²) in [6, 6.07) is 10.6. The second-order valence-electron chi connectivity index (χ2n) is 5.94. The zero-order valence-corrected chi connectivity index (χ0v) is 12.8. The Balaban J connectivity index is 1.79. The van der Waals surface area contributed by atoms with Crippen molar-refractivity contribution in [1.82, 2.24) is 9.80 Å². The molecule has 1 atom stereocenters. The summed E-state index contributed by atoms with van der Waals surface area (Å²) in [5, 5.41) is 10.3. The molecular formula is C17H28N2O. The minimum Gasteiger partial charge on any atom is -0.387 e. The lowest BCUT2D eigenvalue weighted by atomic mass is 10.0. The van der Waals surface area contributed by atoms with Crippen molar-refractivity contribution < 1.29 is 5.11 Å². The maximum absolute atomic E-state index is 10.3. The van der Waals surface area contributed by atoms with E-state index in [2.05, 4.69) is 23.8 Å². The van der Waals surface area contributed by atoms with Crippen molar-refractivity contribution in [2.24, 2.45) is 0 Å². The van der Waals surface area contributed by atoms with Crippen LogP contribution in [0.1, 0.15) is 37.9 Å². The van der Waals surface area contributed by atoms with Crippen molar-refractivity contribution in [2.75, 3.05) is 33.2 Å². The summed E-state index contributed by atoms with van der Waals surface area (Å²) in [5.41, 5.74) is 1.02. The maximum atomic E-state index is 10.3. The molecule has 1 aromatic carbocycles. The largest absolute Gasteiger partial charge is 0.387 e. The van der Waals surface area contributed by atoms with Crippen molar-refractivity contribution in [1.29, 1.82) is 0 Å². The lowest BCUT2D eigenvalue weighted by Gasteiger charge is -2.37. The van der Waals surface area contributed by atoms with Gasteiger partial charge in [-0.15, -0.1) is 0 Å². The Bertz CT molecular complexity index is 374. The molecular weight excluding hydrogens is 248 g/mol. The molecule has 1 saturated heterocycles. The van der Waals surface area contributed by atoms with Crippen molar-refractivity contribution in [3.8, 4) is 0 Å². The van der Waals surface area contributed by atoms with Crippen LogP contribution in [0.5, 0.6) is 0 Å². The Labute approximate surface area is 123 Å². The fourth-order valence-corrected chi connectivity index (χ4v) is 3.10. The minimum absolute atomic E-state index is 0.380. The van der Waals surface area contributed by atoms with E-state index in [9.17, 15) is 5.11 Å². The van der Waals surface area contributed by atoms with E-state index in [0.29, 0.717) is 6.04 Å². The molecule has 3 heteroatoms. The number of likely N-dealkylation sites (tertiary alicyclic amines) is 1. The average molecular weight is 276 g/mol. The third-order valence-corrected chi connectivity index (χ3v) is 4.37. The molecule has 0 spiro atoms. The van der Waals surface area contributed by atoms with E-state index in [1.54, 1.807) is 0 Å². The highest BCUT2D eigenvalue weighted by Gasteiger charge is 2.23. The topological polar surface area (TPSA) is 26.7 Å². The molecule has 0 radical (unpaired) electrons. The maximum Gasteiger partial charge on any atom is 0.0916 e. The van der Waals surface area contributed by atoms with Crippen molar-refractivity contribution >= 4 is 0 Å². The molecule has 1 N–H and O–H groups in total. The quantitative estimate of drug-likeness (QED) is 0.865. The highest BCUT2D eigenvalue weighted by atomic mass is 16.3. The number of rotatable bonds is 6. The normalized spacial score (nSPS) is 19.4. The van der Waals surface area contributed by atoms with Crippen molar-refractivity contribution in [3.05, 3.63) is 35.9 Å². The summed E-state index contributed by atoms with van der Waals surface area (Å²) >= 11 is 0. The van der Waals surface area contributed by atoms with Gasteiger partial charge in [0.15, 0.2) is 0 Å². The zero-order valence-electron chi connectivity index (χ0n) is 12.8. The summed E-state index contributed by atoms with van der Waals surface area (Å²) in [6.45, 7) is 6.59. The summed E-state index contributed by atoms with van der Waals surface area (Å²) in [6.07, 6.45) is 3.30. The van der Waals surface area contributed by atoms with Gasteiger partial charge in [-0.2, -0.15) is 0 Å². The predicted molar refractivity (Wildman–Crippen MR) is 83.8 cm³/mol. The lowest BCUT2D eigenvalue weighted by molar-refractivity contribution is 0.0736. The van der Waals surface area contributed by atoms with Crippen LogP contribution in [0.2, 0.25) is 0 Å². The van der Waals surface area contributed by atoms with E-state index in [1.807, 2.05) is 30.3 Å². The van der Waals surface area contributed by atoms with Gasteiger partial charge < -0.3 is 14.9 Å². The van der Waals surface area contributed by atoms with Gasteiger partial charge in [0.05, 0.1) is 6.10 Å². The first-order chi connectivity index (χ1) is 9.70. The van der Waals surface area contributed by atoms with E-state index in [1.165, 1.54) is 38.9 Å². The van der Waals surface area contributed by atoms with Crippen LogP contribution in [0.4, 0.5) is 0 Å². The molecule has 3 nitrogen and oxygen atoms in total. The van der Waals surface area contributed by atoms with Crippen LogP contribution in [-0.2, 0) is 0 Å². The van der Waals surface area contributed by atoms with Crippen molar-refractivity contribution in [2.45, 2.75) is 38.3 Å². The van der Waals surface area contributed by atoms with E-state index in [-0.39, 0.29) is 6.10 Å². The third kappa shape index (κ3) is 4.30. The van der Waals surface area contributed by atoms with Gasteiger partial charge in [-0.3, -0.25) is 0 Å². The molecule has 1 heterocycles. The highest BCUT2D eigenvalue weighted by molar-refractivity contribution is 5.17. The first-order valence-electron chi connectivity index (χ1n) is 7.86. The number of aliphatic hydroxyl groups excluding tert-OH is 1. The molecule has 2 rings (SSSR count). The Hall–Kier alpha value is -0.900. The molecule has 112 valence electrons. The minimum atomic E-state index is -0.380. The van der Waals surface area contributed by atoms with Gasteiger partial charge in [0, 0.05) is 12.6 Å². The standard InChI is InChI=1S/C17H28N2O/c1-3-11-19-12-9-16(10-13-19)18(2)14-17(20)15-7-5-4-6-8-15/h4-8,16-17,20H,3,9-14H2,1-2H3/t17-/m1/s1. The Morgan fingerprint density at radius 1 is 1.25 bits per heavy atom. The highest BCUT2D eigenvalue weighted by Crippen LogP contribution is 2.19. The SMILES string of the molecule is CCCN1CCC(N(C)C[C@@H](O)c2ccccc2)CC1. The summed E-state index contributed by atoms with van der Waals surface area (Å²) in [7, 11) is 2.15. The number of hydrogen-bond acceptors (Lipinski definition) is 3. The number of hydrogen-bond donors (Lipinski definition) is 1. The van der Waals surface area contributed by atoms with E-state index in [0.717, 1.165) is 12.1 Å². The van der Waals surface area contributed by atoms with Crippen LogP contribution in [0, 0.1) is 0 Å². The molecule has 0 bridgehead atoms. The fourth-order valence-electron chi connectivity index (χ4n) is 3.10. The second kappa shape index (κ2) is 7.77. The molecule has 1 aliphatic heterocycles. The Kier molecular flexibility index (Phi) is 6.02. The number of nitrogens with zero attached hydrogens (tertiary/aromatic N) is 2.